The van der Waals surface area contributed by atoms with Crippen LogP contribution in [0.15, 0.2) is 34.7 Å². The lowest BCUT2D eigenvalue weighted by atomic mass is 10.1. The summed E-state index contributed by atoms with van der Waals surface area (Å²) in [6.07, 6.45) is 0.387. The summed E-state index contributed by atoms with van der Waals surface area (Å²) < 4.78 is 24.9. The molecule has 118 valence electrons. The van der Waals surface area contributed by atoms with Crippen LogP contribution in [0.1, 0.15) is 17.2 Å². The van der Waals surface area contributed by atoms with Crippen molar-refractivity contribution in [2.24, 2.45) is 15.3 Å². The van der Waals surface area contributed by atoms with Crippen LogP contribution in [0.4, 0.5) is 0 Å². The zero-order chi connectivity index (χ0) is 15.9. The van der Waals surface area contributed by atoms with Gasteiger partial charge in [0.1, 0.15) is 5.84 Å². The minimum Gasteiger partial charge on any atom is -0.386 e. The fraction of sp³-hybridized carbons (Fsp3) is 0.462. The minimum atomic E-state index is -3.90. The third kappa shape index (κ3) is 8.05. The van der Waals surface area contributed by atoms with Gasteiger partial charge in [0.2, 0.25) is 0 Å². The summed E-state index contributed by atoms with van der Waals surface area (Å²) in [7, 11) is 0.143. The van der Waals surface area contributed by atoms with Crippen LogP contribution < -0.4 is 10.9 Å². The quantitative estimate of drug-likeness (QED) is 0.546. The van der Waals surface area contributed by atoms with Crippen molar-refractivity contribution in [1.82, 2.24) is 4.90 Å². The Morgan fingerprint density at radius 1 is 1.33 bits per heavy atom. The van der Waals surface area contributed by atoms with Gasteiger partial charge in [-0.2, -0.15) is 20.2 Å². The molecule has 1 aromatic rings. The molecular weight excluding hydrogens is 308 g/mol. The molecule has 21 heavy (non-hydrogen) atoms. The zero-order valence-corrected chi connectivity index (χ0v) is 13.9. The van der Waals surface area contributed by atoms with Gasteiger partial charge in [0.15, 0.2) is 0 Å². The van der Waals surface area contributed by atoms with E-state index in [9.17, 15) is 8.42 Å². The second-order valence-electron chi connectivity index (χ2n) is 4.88. The largest absolute Gasteiger partial charge is 0.386 e. The van der Waals surface area contributed by atoms with Crippen molar-refractivity contribution in [3.63, 3.8) is 0 Å². The number of hydrogen-bond donors (Lipinski definition) is 2. The Kier molecular flexibility index (Phi) is 7.16. The molecule has 1 rings (SSSR count). The number of rotatable bonds is 8. The van der Waals surface area contributed by atoms with Crippen molar-refractivity contribution in [2.75, 3.05) is 26.4 Å². The fourth-order valence-corrected chi connectivity index (χ4v) is 3.55. The highest BCUT2D eigenvalue weighted by molar-refractivity contribution is 7.99. The Hall–Kier alpha value is -1.09. The molecule has 0 saturated carbocycles. The van der Waals surface area contributed by atoms with Crippen LogP contribution in [0.25, 0.3) is 0 Å². The molecule has 0 aromatic heterocycles. The van der Waals surface area contributed by atoms with Crippen LogP contribution in [0, 0.1) is 0 Å². The topological polar surface area (TPSA) is 102 Å². The molecule has 0 spiro atoms. The normalized spacial score (nSPS) is 14.4. The molecule has 1 atom stereocenters. The Balaban J connectivity index is 2.61. The Morgan fingerprint density at radius 3 is 2.48 bits per heavy atom. The van der Waals surface area contributed by atoms with Crippen molar-refractivity contribution < 1.29 is 8.42 Å². The molecule has 1 unspecified atom stereocenters. The van der Waals surface area contributed by atoms with Gasteiger partial charge in [0, 0.05) is 24.0 Å². The van der Waals surface area contributed by atoms with E-state index >= 15 is 0 Å². The highest BCUT2D eigenvalue weighted by atomic mass is 32.2. The average molecular weight is 330 g/mol. The highest BCUT2D eigenvalue weighted by Gasteiger charge is 2.13. The van der Waals surface area contributed by atoms with Crippen molar-refractivity contribution in [2.45, 2.75) is 11.7 Å². The second kappa shape index (κ2) is 8.38. The number of thioether (sulfide) groups is 1. The van der Waals surface area contributed by atoms with E-state index in [0.717, 1.165) is 6.54 Å². The molecular formula is C13H22N4O2S2. The first-order chi connectivity index (χ1) is 9.78. The lowest BCUT2D eigenvalue weighted by Crippen LogP contribution is -2.21. The van der Waals surface area contributed by atoms with E-state index in [1.807, 2.05) is 32.3 Å². The van der Waals surface area contributed by atoms with Gasteiger partial charge in [-0.1, -0.05) is 30.3 Å². The third-order valence-electron chi connectivity index (χ3n) is 2.62. The Morgan fingerprint density at radius 2 is 1.95 bits per heavy atom. The van der Waals surface area contributed by atoms with E-state index in [1.54, 1.807) is 11.8 Å². The molecule has 4 N–H and O–H groups in total. The lowest BCUT2D eigenvalue weighted by molar-refractivity contribution is 0.410. The molecule has 0 saturated heterocycles. The van der Waals surface area contributed by atoms with Crippen LogP contribution >= 0.6 is 11.8 Å². The monoisotopic (exact) mass is 330 g/mol. The molecule has 0 bridgehead atoms. The number of nitrogens with zero attached hydrogens (tertiary/aromatic N) is 2. The van der Waals surface area contributed by atoms with E-state index in [0.29, 0.717) is 17.4 Å². The van der Waals surface area contributed by atoms with E-state index < -0.39 is 10.2 Å². The molecule has 0 heterocycles. The molecule has 8 heteroatoms. The Bertz CT molecular complexity index is 559. The summed E-state index contributed by atoms with van der Waals surface area (Å²) in [6.45, 7) is 0.890. The van der Waals surface area contributed by atoms with E-state index in [1.165, 1.54) is 5.56 Å². The van der Waals surface area contributed by atoms with Gasteiger partial charge in [-0.05, 0) is 19.7 Å². The first kappa shape index (κ1) is 18.0. The SMILES string of the molecule is CN(C)CC(SCC/C(N)=N\S(N)(=O)=O)c1ccccc1. The summed E-state index contributed by atoms with van der Waals surface area (Å²) in [5.41, 5.74) is 6.79. The van der Waals surface area contributed by atoms with Gasteiger partial charge < -0.3 is 10.6 Å². The number of hydrogen-bond acceptors (Lipinski definition) is 4. The maximum absolute atomic E-state index is 10.8. The molecule has 0 radical (unpaired) electrons. The molecule has 6 nitrogen and oxygen atoms in total. The van der Waals surface area contributed by atoms with Gasteiger partial charge in [-0.3, -0.25) is 0 Å². The summed E-state index contributed by atoms with van der Waals surface area (Å²) >= 11 is 1.72. The minimum absolute atomic E-state index is 0.0432. The van der Waals surface area contributed by atoms with Crippen molar-refractivity contribution in [1.29, 1.82) is 0 Å². The standard InChI is InChI=1S/C13H22N4O2S2/c1-17(2)10-12(11-6-4-3-5-7-11)20-9-8-13(14)16-21(15,18)19/h3-7,12H,8-10H2,1-2H3,(H2,14,16)(H2,15,18,19). The molecule has 1 aromatic carbocycles. The lowest BCUT2D eigenvalue weighted by Gasteiger charge is -2.21. The molecule has 0 aliphatic carbocycles. The first-order valence-electron chi connectivity index (χ1n) is 6.46. The molecule has 0 amide bonds. The van der Waals surface area contributed by atoms with Gasteiger partial charge in [-0.15, -0.1) is 4.40 Å². The fourth-order valence-electron chi connectivity index (χ4n) is 1.77. The predicted molar refractivity (Wildman–Crippen MR) is 89.5 cm³/mol. The van der Waals surface area contributed by atoms with Crippen molar-refractivity contribution >= 4 is 27.8 Å². The van der Waals surface area contributed by atoms with Crippen molar-refractivity contribution in [3.05, 3.63) is 35.9 Å². The first-order valence-corrected chi connectivity index (χ1v) is 9.01. The highest BCUT2D eigenvalue weighted by Crippen LogP contribution is 2.29. The summed E-state index contributed by atoms with van der Waals surface area (Å²) in [5, 5.41) is 5.11. The Labute approximate surface area is 130 Å². The number of benzene rings is 1. The van der Waals surface area contributed by atoms with Crippen LogP contribution in [-0.2, 0) is 10.2 Å². The van der Waals surface area contributed by atoms with Gasteiger partial charge >= 0.3 is 10.2 Å². The summed E-state index contributed by atoms with van der Waals surface area (Å²) in [4.78, 5) is 2.12. The van der Waals surface area contributed by atoms with E-state index in [4.69, 9.17) is 10.9 Å². The summed E-state index contributed by atoms with van der Waals surface area (Å²) in [5.74, 6) is 0.722. The van der Waals surface area contributed by atoms with Crippen LogP contribution in [0.3, 0.4) is 0 Å². The van der Waals surface area contributed by atoms with Gasteiger partial charge in [0.25, 0.3) is 0 Å². The van der Waals surface area contributed by atoms with E-state index in [-0.39, 0.29) is 5.84 Å². The van der Waals surface area contributed by atoms with Crippen molar-refractivity contribution in [3.8, 4) is 0 Å². The van der Waals surface area contributed by atoms with Crippen LogP contribution in [-0.4, -0.2) is 45.5 Å². The number of nitrogens with two attached hydrogens (primary N) is 2. The van der Waals surface area contributed by atoms with Gasteiger partial charge in [-0.25, -0.2) is 5.14 Å². The predicted octanol–water partition coefficient (Wildman–Crippen LogP) is 0.973. The average Bonchev–Trinajstić information content (AvgIpc) is 2.36. The maximum Gasteiger partial charge on any atom is 0.318 e. The van der Waals surface area contributed by atoms with Crippen LogP contribution in [0.2, 0.25) is 0 Å². The molecule has 0 aliphatic heterocycles. The maximum atomic E-state index is 10.8. The third-order valence-corrected chi connectivity index (χ3v) is 4.38. The number of likely N-dealkylation sites (N-methyl/N-ethyl adjacent to an activating group) is 1. The molecule has 0 fully saturated rings. The number of amidine groups is 1. The van der Waals surface area contributed by atoms with E-state index in [2.05, 4.69) is 21.4 Å². The zero-order valence-electron chi connectivity index (χ0n) is 12.3. The van der Waals surface area contributed by atoms with Gasteiger partial charge in [0.05, 0.1) is 0 Å². The second-order valence-corrected chi connectivity index (χ2v) is 7.40. The smallest absolute Gasteiger partial charge is 0.318 e. The molecule has 0 aliphatic rings. The van der Waals surface area contributed by atoms with Crippen LogP contribution in [0.5, 0.6) is 0 Å². The summed E-state index contributed by atoms with van der Waals surface area (Å²) in [6, 6.07) is 10.2.